The molecule has 0 radical (unpaired) electrons. The molecular formula is C10H16N2O2S. The van der Waals surface area contributed by atoms with Gasteiger partial charge in [0.1, 0.15) is 6.04 Å². The Labute approximate surface area is 93.7 Å². The van der Waals surface area contributed by atoms with E-state index in [1.165, 1.54) is 7.11 Å². The third-order valence-electron chi connectivity index (χ3n) is 2.11. The normalized spacial score (nSPS) is 12.8. The van der Waals surface area contributed by atoms with Crippen LogP contribution < -0.4 is 5.32 Å². The molecule has 0 amide bonds. The fourth-order valence-corrected chi connectivity index (χ4v) is 1.82. The van der Waals surface area contributed by atoms with Gasteiger partial charge in [0.2, 0.25) is 0 Å². The summed E-state index contributed by atoms with van der Waals surface area (Å²) in [7, 11) is 1.40. The van der Waals surface area contributed by atoms with Gasteiger partial charge in [0.25, 0.3) is 0 Å². The third kappa shape index (κ3) is 3.60. The summed E-state index contributed by atoms with van der Waals surface area (Å²) in [6.45, 7) is 4.56. The second-order valence-electron chi connectivity index (χ2n) is 3.61. The summed E-state index contributed by atoms with van der Waals surface area (Å²) >= 11 is 1.55. The quantitative estimate of drug-likeness (QED) is 0.775. The summed E-state index contributed by atoms with van der Waals surface area (Å²) in [5.74, 6) is -0.0173. The molecule has 0 aliphatic carbocycles. The van der Waals surface area contributed by atoms with E-state index in [9.17, 15) is 4.79 Å². The van der Waals surface area contributed by atoms with E-state index in [-0.39, 0.29) is 17.9 Å². The standard InChI is InChI=1S/C10H16N2O2S/c1-7(2)9(10(13)14-3)11-4-8-5-15-6-12-8/h5-7,9,11H,4H2,1-3H3. The highest BCUT2D eigenvalue weighted by molar-refractivity contribution is 7.07. The minimum atomic E-state index is -0.267. The molecule has 1 unspecified atom stereocenters. The second-order valence-corrected chi connectivity index (χ2v) is 4.32. The van der Waals surface area contributed by atoms with Gasteiger partial charge in [0, 0.05) is 11.9 Å². The topological polar surface area (TPSA) is 51.2 Å². The molecule has 0 aromatic carbocycles. The van der Waals surface area contributed by atoms with Crippen LogP contribution in [0.5, 0.6) is 0 Å². The number of rotatable bonds is 5. The first-order valence-electron chi connectivity index (χ1n) is 4.83. The van der Waals surface area contributed by atoms with Crippen molar-refractivity contribution in [2.75, 3.05) is 7.11 Å². The van der Waals surface area contributed by atoms with Gasteiger partial charge in [-0.05, 0) is 5.92 Å². The molecule has 1 aromatic rings. The van der Waals surface area contributed by atoms with Crippen molar-refractivity contribution in [2.45, 2.75) is 26.4 Å². The van der Waals surface area contributed by atoms with Crippen LogP contribution >= 0.6 is 11.3 Å². The lowest BCUT2D eigenvalue weighted by Gasteiger charge is -2.19. The molecule has 1 rings (SSSR count). The number of hydrogen-bond acceptors (Lipinski definition) is 5. The maximum Gasteiger partial charge on any atom is 0.323 e. The van der Waals surface area contributed by atoms with Crippen molar-refractivity contribution in [3.63, 3.8) is 0 Å². The summed E-state index contributed by atoms with van der Waals surface area (Å²) in [6.07, 6.45) is 0. The highest BCUT2D eigenvalue weighted by atomic mass is 32.1. The highest BCUT2D eigenvalue weighted by Gasteiger charge is 2.22. The molecule has 1 aromatic heterocycles. The molecule has 0 saturated heterocycles. The Morgan fingerprint density at radius 1 is 1.67 bits per heavy atom. The van der Waals surface area contributed by atoms with Crippen molar-refractivity contribution < 1.29 is 9.53 Å². The van der Waals surface area contributed by atoms with E-state index >= 15 is 0 Å². The fourth-order valence-electron chi connectivity index (χ4n) is 1.26. The molecule has 15 heavy (non-hydrogen) atoms. The van der Waals surface area contributed by atoms with Gasteiger partial charge in [0.05, 0.1) is 18.3 Å². The predicted octanol–water partition coefficient (Wildman–Crippen LogP) is 1.43. The molecule has 0 bridgehead atoms. The fraction of sp³-hybridized carbons (Fsp3) is 0.600. The number of aromatic nitrogens is 1. The van der Waals surface area contributed by atoms with E-state index in [0.29, 0.717) is 6.54 Å². The van der Waals surface area contributed by atoms with Gasteiger partial charge in [-0.2, -0.15) is 0 Å². The van der Waals surface area contributed by atoms with Gasteiger partial charge >= 0.3 is 5.97 Å². The average Bonchev–Trinajstić information content (AvgIpc) is 2.70. The maximum absolute atomic E-state index is 11.4. The van der Waals surface area contributed by atoms with Crippen LogP contribution in [0.2, 0.25) is 0 Å². The minimum Gasteiger partial charge on any atom is -0.468 e. The van der Waals surface area contributed by atoms with Crippen LogP contribution in [-0.4, -0.2) is 24.1 Å². The average molecular weight is 228 g/mol. The number of nitrogens with one attached hydrogen (secondary N) is 1. The number of esters is 1. The Morgan fingerprint density at radius 3 is 2.87 bits per heavy atom. The molecule has 84 valence electrons. The molecule has 0 aliphatic heterocycles. The van der Waals surface area contributed by atoms with Crippen molar-refractivity contribution >= 4 is 17.3 Å². The monoisotopic (exact) mass is 228 g/mol. The number of nitrogens with zero attached hydrogens (tertiary/aromatic N) is 1. The Bertz CT molecular complexity index is 298. The number of carbonyl (C=O) groups excluding carboxylic acids is 1. The van der Waals surface area contributed by atoms with Crippen molar-refractivity contribution in [2.24, 2.45) is 5.92 Å². The van der Waals surface area contributed by atoms with Gasteiger partial charge in [0.15, 0.2) is 0 Å². The van der Waals surface area contributed by atoms with E-state index in [4.69, 9.17) is 4.74 Å². The zero-order chi connectivity index (χ0) is 11.3. The second kappa shape index (κ2) is 5.82. The van der Waals surface area contributed by atoms with Crippen LogP contribution in [0.1, 0.15) is 19.5 Å². The van der Waals surface area contributed by atoms with E-state index in [1.54, 1.807) is 16.8 Å². The molecular weight excluding hydrogens is 212 g/mol. The van der Waals surface area contributed by atoms with E-state index in [1.807, 2.05) is 19.2 Å². The van der Waals surface area contributed by atoms with Crippen LogP contribution in [-0.2, 0) is 16.1 Å². The molecule has 4 nitrogen and oxygen atoms in total. The lowest BCUT2D eigenvalue weighted by Crippen LogP contribution is -2.41. The van der Waals surface area contributed by atoms with Crippen LogP contribution in [0.25, 0.3) is 0 Å². The number of thiazole rings is 1. The van der Waals surface area contributed by atoms with Gasteiger partial charge in [-0.3, -0.25) is 10.1 Å². The van der Waals surface area contributed by atoms with Crippen LogP contribution in [0.3, 0.4) is 0 Å². The van der Waals surface area contributed by atoms with E-state index in [0.717, 1.165) is 5.69 Å². The highest BCUT2D eigenvalue weighted by Crippen LogP contribution is 2.06. The first kappa shape index (κ1) is 12.1. The molecule has 0 spiro atoms. The molecule has 5 heteroatoms. The first-order chi connectivity index (χ1) is 7.15. The van der Waals surface area contributed by atoms with Crippen LogP contribution in [0, 0.1) is 5.92 Å². The van der Waals surface area contributed by atoms with Crippen molar-refractivity contribution in [3.05, 3.63) is 16.6 Å². The summed E-state index contributed by atoms with van der Waals surface area (Å²) in [4.78, 5) is 15.5. The Kier molecular flexibility index (Phi) is 4.71. The number of hydrogen-bond donors (Lipinski definition) is 1. The third-order valence-corrected chi connectivity index (χ3v) is 2.74. The molecule has 1 heterocycles. The molecule has 0 saturated carbocycles. The summed E-state index contributed by atoms with van der Waals surface area (Å²) in [6, 6.07) is -0.267. The molecule has 1 atom stereocenters. The number of carbonyl (C=O) groups is 1. The Hall–Kier alpha value is -0.940. The van der Waals surface area contributed by atoms with Gasteiger partial charge < -0.3 is 4.74 Å². The first-order valence-corrected chi connectivity index (χ1v) is 5.77. The Morgan fingerprint density at radius 2 is 2.40 bits per heavy atom. The minimum absolute atomic E-state index is 0.205. The molecule has 0 fully saturated rings. The molecule has 0 aliphatic rings. The van der Waals surface area contributed by atoms with Crippen LogP contribution in [0.4, 0.5) is 0 Å². The lowest BCUT2D eigenvalue weighted by atomic mass is 10.0. The van der Waals surface area contributed by atoms with Crippen molar-refractivity contribution in [1.82, 2.24) is 10.3 Å². The lowest BCUT2D eigenvalue weighted by molar-refractivity contribution is -0.144. The van der Waals surface area contributed by atoms with E-state index < -0.39 is 0 Å². The van der Waals surface area contributed by atoms with Gasteiger partial charge in [-0.1, -0.05) is 13.8 Å². The SMILES string of the molecule is COC(=O)C(NCc1cscn1)C(C)C. The van der Waals surface area contributed by atoms with Gasteiger partial charge in [-0.25, -0.2) is 4.98 Å². The Balaban J connectivity index is 2.49. The van der Waals surface area contributed by atoms with Crippen molar-refractivity contribution in [1.29, 1.82) is 0 Å². The summed E-state index contributed by atoms with van der Waals surface area (Å²) in [5.41, 5.74) is 2.73. The van der Waals surface area contributed by atoms with Gasteiger partial charge in [-0.15, -0.1) is 11.3 Å². The zero-order valence-corrected chi connectivity index (χ0v) is 10.0. The summed E-state index contributed by atoms with van der Waals surface area (Å²) in [5, 5.41) is 5.10. The smallest absolute Gasteiger partial charge is 0.323 e. The maximum atomic E-state index is 11.4. The molecule has 1 N–H and O–H groups in total. The zero-order valence-electron chi connectivity index (χ0n) is 9.19. The van der Waals surface area contributed by atoms with Crippen LogP contribution in [0.15, 0.2) is 10.9 Å². The summed E-state index contributed by atoms with van der Waals surface area (Å²) < 4.78 is 4.72. The van der Waals surface area contributed by atoms with Crippen molar-refractivity contribution in [3.8, 4) is 0 Å². The van der Waals surface area contributed by atoms with E-state index in [2.05, 4.69) is 10.3 Å². The largest absolute Gasteiger partial charge is 0.468 e. The number of ether oxygens (including phenoxy) is 1. The number of methoxy groups -OCH3 is 1. The predicted molar refractivity (Wildman–Crippen MR) is 59.6 cm³/mol.